The van der Waals surface area contributed by atoms with Gasteiger partial charge in [0.05, 0.1) is 12.8 Å². The highest BCUT2D eigenvalue weighted by molar-refractivity contribution is 6.30. The number of benzene rings is 2. The molecule has 0 spiro atoms. The van der Waals surface area contributed by atoms with E-state index < -0.39 is 0 Å². The third-order valence-corrected chi connectivity index (χ3v) is 3.54. The van der Waals surface area contributed by atoms with Crippen LogP contribution < -0.4 is 10.1 Å². The highest BCUT2D eigenvalue weighted by Gasteiger charge is 2.06. The molecular formula is C16H15ClN2O. The largest absolute Gasteiger partial charge is 0.495 e. The van der Waals surface area contributed by atoms with Crippen molar-refractivity contribution in [2.75, 3.05) is 12.4 Å². The molecule has 3 nitrogen and oxygen atoms in total. The van der Waals surface area contributed by atoms with Gasteiger partial charge in [-0.3, -0.25) is 0 Å². The van der Waals surface area contributed by atoms with Crippen molar-refractivity contribution < 1.29 is 4.74 Å². The molecule has 0 atom stereocenters. The number of H-pyrrole nitrogens is 1. The number of aromatic amines is 1. The first-order chi connectivity index (χ1) is 9.78. The number of para-hydroxylation sites is 1. The summed E-state index contributed by atoms with van der Waals surface area (Å²) < 4.78 is 5.33. The van der Waals surface area contributed by atoms with Crippen molar-refractivity contribution in [2.24, 2.45) is 0 Å². The summed E-state index contributed by atoms with van der Waals surface area (Å²) in [6.07, 6.45) is 2.02. The Balaban J connectivity index is 1.84. The maximum atomic E-state index is 6.03. The number of anilines is 1. The van der Waals surface area contributed by atoms with Gasteiger partial charge in [0.2, 0.25) is 0 Å². The van der Waals surface area contributed by atoms with Gasteiger partial charge in [0, 0.05) is 28.7 Å². The van der Waals surface area contributed by atoms with Crippen molar-refractivity contribution >= 4 is 28.2 Å². The van der Waals surface area contributed by atoms with Crippen molar-refractivity contribution in [3.8, 4) is 5.75 Å². The summed E-state index contributed by atoms with van der Waals surface area (Å²) in [5.41, 5.74) is 3.25. The number of rotatable bonds is 4. The fourth-order valence-electron chi connectivity index (χ4n) is 2.29. The number of ether oxygens (including phenoxy) is 1. The highest BCUT2D eigenvalue weighted by atomic mass is 35.5. The van der Waals surface area contributed by atoms with Crippen LogP contribution in [0.25, 0.3) is 10.9 Å². The molecule has 4 heteroatoms. The molecule has 2 aromatic carbocycles. The van der Waals surface area contributed by atoms with Gasteiger partial charge in [0.1, 0.15) is 5.75 Å². The number of methoxy groups -OCH3 is 1. The van der Waals surface area contributed by atoms with Gasteiger partial charge in [0.15, 0.2) is 0 Å². The molecule has 3 rings (SSSR count). The van der Waals surface area contributed by atoms with E-state index in [-0.39, 0.29) is 0 Å². The van der Waals surface area contributed by atoms with Crippen LogP contribution in [-0.2, 0) is 6.54 Å². The Hall–Kier alpha value is -2.13. The van der Waals surface area contributed by atoms with E-state index in [2.05, 4.69) is 22.4 Å². The van der Waals surface area contributed by atoms with E-state index in [1.165, 1.54) is 10.9 Å². The van der Waals surface area contributed by atoms with Gasteiger partial charge in [-0.15, -0.1) is 0 Å². The standard InChI is InChI=1S/C16H15ClN2O/c1-20-16-7-6-12(17)8-15(16)19-10-11-9-18-14-5-3-2-4-13(11)14/h2-9,18-19H,10H2,1H3. The van der Waals surface area contributed by atoms with Gasteiger partial charge in [-0.1, -0.05) is 29.8 Å². The monoisotopic (exact) mass is 286 g/mol. The minimum Gasteiger partial charge on any atom is -0.495 e. The molecule has 0 aliphatic rings. The molecule has 0 bridgehead atoms. The number of hydrogen-bond acceptors (Lipinski definition) is 2. The number of nitrogens with one attached hydrogen (secondary N) is 2. The fraction of sp³-hybridized carbons (Fsp3) is 0.125. The minimum atomic E-state index is 0.687. The van der Waals surface area contributed by atoms with Crippen LogP contribution in [0.15, 0.2) is 48.7 Å². The van der Waals surface area contributed by atoms with Crippen molar-refractivity contribution in [3.63, 3.8) is 0 Å². The molecule has 20 heavy (non-hydrogen) atoms. The lowest BCUT2D eigenvalue weighted by molar-refractivity contribution is 0.416. The van der Waals surface area contributed by atoms with E-state index in [1.54, 1.807) is 7.11 Å². The van der Waals surface area contributed by atoms with E-state index in [9.17, 15) is 0 Å². The molecule has 0 amide bonds. The molecule has 0 fully saturated rings. The summed E-state index contributed by atoms with van der Waals surface area (Å²) in [7, 11) is 1.65. The molecular weight excluding hydrogens is 272 g/mol. The lowest BCUT2D eigenvalue weighted by atomic mass is 10.1. The Bertz CT molecular complexity index is 736. The number of aromatic nitrogens is 1. The lowest BCUT2D eigenvalue weighted by Crippen LogP contribution is -2.00. The smallest absolute Gasteiger partial charge is 0.142 e. The van der Waals surface area contributed by atoms with E-state index in [4.69, 9.17) is 16.3 Å². The number of halogens is 1. The molecule has 2 N–H and O–H groups in total. The van der Waals surface area contributed by atoms with Crippen LogP contribution in [0.2, 0.25) is 5.02 Å². The zero-order valence-corrected chi connectivity index (χ0v) is 11.9. The molecule has 0 saturated carbocycles. The first-order valence-corrected chi connectivity index (χ1v) is 6.78. The van der Waals surface area contributed by atoms with Crippen molar-refractivity contribution in [2.45, 2.75) is 6.54 Å². The molecule has 3 aromatic rings. The Morgan fingerprint density at radius 3 is 2.90 bits per heavy atom. The maximum absolute atomic E-state index is 6.03. The van der Waals surface area contributed by atoms with E-state index >= 15 is 0 Å². The van der Waals surface area contributed by atoms with Gasteiger partial charge in [-0.2, -0.15) is 0 Å². The SMILES string of the molecule is COc1ccc(Cl)cc1NCc1c[nH]c2ccccc12. The summed E-state index contributed by atoms with van der Waals surface area (Å²) in [6.45, 7) is 0.709. The first kappa shape index (κ1) is 12.9. The lowest BCUT2D eigenvalue weighted by Gasteiger charge is -2.11. The average Bonchev–Trinajstić information content (AvgIpc) is 2.88. The van der Waals surface area contributed by atoms with Crippen LogP contribution in [0.1, 0.15) is 5.56 Å². The minimum absolute atomic E-state index is 0.687. The molecule has 0 saturated heterocycles. The van der Waals surface area contributed by atoms with Gasteiger partial charge in [-0.25, -0.2) is 0 Å². The van der Waals surface area contributed by atoms with Crippen LogP contribution >= 0.6 is 11.6 Å². The van der Waals surface area contributed by atoms with Crippen molar-refractivity contribution in [1.82, 2.24) is 4.98 Å². The second-order valence-corrected chi connectivity index (χ2v) is 4.99. The molecule has 1 aromatic heterocycles. The average molecular weight is 287 g/mol. The molecule has 1 heterocycles. The van der Waals surface area contributed by atoms with E-state index in [0.717, 1.165) is 17.0 Å². The quantitative estimate of drug-likeness (QED) is 0.744. The second kappa shape index (κ2) is 5.47. The zero-order chi connectivity index (χ0) is 13.9. The van der Waals surface area contributed by atoms with Crippen molar-refractivity contribution in [1.29, 1.82) is 0 Å². The normalized spacial score (nSPS) is 10.7. The van der Waals surface area contributed by atoms with Crippen LogP contribution in [0, 0.1) is 0 Å². The third-order valence-electron chi connectivity index (χ3n) is 3.31. The molecule has 0 unspecified atom stereocenters. The third kappa shape index (κ3) is 2.45. The molecule has 0 radical (unpaired) electrons. The van der Waals surface area contributed by atoms with Crippen LogP contribution in [0.3, 0.4) is 0 Å². The fourth-order valence-corrected chi connectivity index (χ4v) is 2.46. The molecule has 0 aliphatic carbocycles. The maximum Gasteiger partial charge on any atom is 0.142 e. The summed E-state index contributed by atoms with van der Waals surface area (Å²) in [6, 6.07) is 13.8. The summed E-state index contributed by atoms with van der Waals surface area (Å²) in [5, 5.41) is 5.28. The van der Waals surface area contributed by atoms with Crippen LogP contribution in [0.5, 0.6) is 5.75 Å². The summed E-state index contributed by atoms with van der Waals surface area (Å²) in [5.74, 6) is 0.786. The Morgan fingerprint density at radius 1 is 1.20 bits per heavy atom. The van der Waals surface area contributed by atoms with Crippen LogP contribution in [0.4, 0.5) is 5.69 Å². The predicted molar refractivity (Wildman–Crippen MR) is 83.6 cm³/mol. The Kier molecular flexibility index (Phi) is 3.52. The molecule has 102 valence electrons. The van der Waals surface area contributed by atoms with Gasteiger partial charge in [-0.05, 0) is 29.8 Å². The number of hydrogen-bond donors (Lipinski definition) is 2. The number of fused-ring (bicyclic) bond motifs is 1. The van der Waals surface area contributed by atoms with Crippen molar-refractivity contribution in [3.05, 3.63) is 59.2 Å². The van der Waals surface area contributed by atoms with Gasteiger partial charge >= 0.3 is 0 Å². The molecule has 0 aliphatic heterocycles. The Morgan fingerprint density at radius 2 is 2.05 bits per heavy atom. The second-order valence-electron chi connectivity index (χ2n) is 4.56. The summed E-state index contributed by atoms with van der Waals surface area (Å²) >= 11 is 6.03. The van der Waals surface area contributed by atoms with Gasteiger partial charge in [0.25, 0.3) is 0 Å². The van der Waals surface area contributed by atoms with E-state index in [0.29, 0.717) is 11.6 Å². The topological polar surface area (TPSA) is 37.0 Å². The summed E-state index contributed by atoms with van der Waals surface area (Å²) in [4.78, 5) is 3.27. The van der Waals surface area contributed by atoms with E-state index in [1.807, 2.05) is 36.5 Å². The first-order valence-electron chi connectivity index (χ1n) is 6.40. The predicted octanol–water partition coefficient (Wildman–Crippen LogP) is 4.44. The van der Waals surface area contributed by atoms with Crippen LogP contribution in [-0.4, -0.2) is 12.1 Å². The van der Waals surface area contributed by atoms with Gasteiger partial charge < -0.3 is 15.0 Å². The Labute approximate surface area is 122 Å². The zero-order valence-electron chi connectivity index (χ0n) is 11.1. The highest BCUT2D eigenvalue weighted by Crippen LogP contribution is 2.28.